The maximum atomic E-state index is 13.5. The normalized spacial score (nSPS) is 19.0. The number of carboxylic acids is 1. The van der Waals surface area contributed by atoms with E-state index in [4.69, 9.17) is 4.74 Å². The number of morpholine rings is 1. The van der Waals surface area contributed by atoms with Crippen LogP contribution in [0.1, 0.15) is 27.9 Å². The summed E-state index contributed by atoms with van der Waals surface area (Å²) in [5.74, 6) is -1.65. The minimum atomic E-state index is -1.09. The topological polar surface area (TPSA) is 83.0 Å². The summed E-state index contributed by atoms with van der Waals surface area (Å²) < 4.78 is 18.8. The number of thiazole rings is 1. The summed E-state index contributed by atoms with van der Waals surface area (Å²) >= 11 is 1.09. The Hall–Kier alpha value is -2.52. The van der Waals surface area contributed by atoms with Gasteiger partial charge in [0.1, 0.15) is 10.7 Å². The number of nitrogens with zero attached hydrogens (tertiary/aromatic N) is 3. The molecule has 1 atom stereocenters. The number of rotatable bonds is 4. The number of ether oxygens (including phenoxy) is 1. The van der Waals surface area contributed by atoms with Gasteiger partial charge in [0, 0.05) is 24.8 Å². The average molecular weight is 405 g/mol. The zero-order chi connectivity index (χ0) is 19.8. The van der Waals surface area contributed by atoms with Crippen molar-refractivity contribution in [2.45, 2.75) is 25.8 Å². The molecule has 2 aliphatic rings. The number of carbonyl (C=O) groups is 2. The molecule has 148 valence electrons. The van der Waals surface area contributed by atoms with Gasteiger partial charge in [0.25, 0.3) is 0 Å². The van der Waals surface area contributed by atoms with Crippen molar-refractivity contribution in [3.8, 4) is 0 Å². The van der Waals surface area contributed by atoms with Crippen LogP contribution in [0.3, 0.4) is 0 Å². The van der Waals surface area contributed by atoms with Gasteiger partial charge in [-0.1, -0.05) is 11.3 Å². The molecule has 1 aromatic carbocycles. The van der Waals surface area contributed by atoms with Crippen molar-refractivity contribution in [1.29, 1.82) is 0 Å². The highest BCUT2D eigenvalue weighted by molar-refractivity contribution is 7.17. The van der Waals surface area contributed by atoms with E-state index in [0.29, 0.717) is 43.5 Å². The molecule has 1 amide bonds. The molecule has 1 unspecified atom stereocenters. The Bertz CT molecular complexity index is 926. The number of carboxylic acid groups (broad SMARTS) is 1. The summed E-state index contributed by atoms with van der Waals surface area (Å²) in [7, 11) is 0. The third-order valence-electron chi connectivity index (χ3n) is 5.01. The molecule has 1 N–H and O–H groups in total. The third kappa shape index (κ3) is 3.47. The standard InChI is InChI=1S/C19H20FN3O4S/c1-11-8-12-9-13(20)2-3-15(12)23(11)16(24)10-14-17(18(25)26)28-19(21-14)22-4-6-27-7-5-22/h2-3,9,11H,4-8,10H2,1H3,(H,25,26). The Morgan fingerprint density at radius 1 is 1.36 bits per heavy atom. The molecule has 0 bridgehead atoms. The SMILES string of the molecule is CC1Cc2cc(F)ccc2N1C(=O)Cc1nc(N2CCOCC2)sc1C(=O)O. The van der Waals surface area contributed by atoms with Gasteiger partial charge < -0.3 is 19.6 Å². The highest BCUT2D eigenvalue weighted by Gasteiger charge is 2.33. The first-order chi connectivity index (χ1) is 13.4. The van der Waals surface area contributed by atoms with E-state index in [0.717, 1.165) is 16.9 Å². The Kier molecular flexibility index (Phi) is 5.03. The molecule has 3 heterocycles. The van der Waals surface area contributed by atoms with Gasteiger partial charge in [0.15, 0.2) is 5.13 Å². The highest BCUT2D eigenvalue weighted by Crippen LogP contribution is 2.34. The fourth-order valence-electron chi connectivity index (χ4n) is 3.72. The Morgan fingerprint density at radius 2 is 2.11 bits per heavy atom. The molecule has 2 aliphatic heterocycles. The van der Waals surface area contributed by atoms with Crippen LogP contribution in [0.15, 0.2) is 18.2 Å². The van der Waals surface area contributed by atoms with Gasteiger partial charge in [0.05, 0.1) is 25.3 Å². The van der Waals surface area contributed by atoms with Gasteiger partial charge in [-0.2, -0.15) is 0 Å². The van der Waals surface area contributed by atoms with Crippen LogP contribution in [-0.4, -0.2) is 54.3 Å². The largest absolute Gasteiger partial charge is 0.477 e. The minimum Gasteiger partial charge on any atom is -0.477 e. The van der Waals surface area contributed by atoms with Crippen LogP contribution in [-0.2, 0) is 22.4 Å². The number of hydrogen-bond acceptors (Lipinski definition) is 6. The zero-order valence-electron chi connectivity index (χ0n) is 15.4. The number of carbonyl (C=O) groups excluding carboxylic acids is 1. The Morgan fingerprint density at radius 3 is 2.82 bits per heavy atom. The van der Waals surface area contributed by atoms with E-state index < -0.39 is 5.97 Å². The predicted molar refractivity (Wildman–Crippen MR) is 103 cm³/mol. The smallest absolute Gasteiger partial charge is 0.347 e. The molecule has 28 heavy (non-hydrogen) atoms. The lowest BCUT2D eigenvalue weighted by molar-refractivity contribution is -0.118. The first-order valence-electron chi connectivity index (χ1n) is 9.10. The van der Waals surface area contributed by atoms with Gasteiger partial charge in [-0.25, -0.2) is 14.2 Å². The molecular weight excluding hydrogens is 385 g/mol. The molecule has 0 spiro atoms. The van der Waals surface area contributed by atoms with Crippen LogP contribution in [0.5, 0.6) is 0 Å². The van der Waals surface area contributed by atoms with Gasteiger partial charge in [-0.15, -0.1) is 0 Å². The molecule has 0 saturated carbocycles. The van der Waals surface area contributed by atoms with Crippen LogP contribution in [0.4, 0.5) is 15.2 Å². The van der Waals surface area contributed by atoms with E-state index in [2.05, 4.69) is 4.98 Å². The monoisotopic (exact) mass is 405 g/mol. The van der Waals surface area contributed by atoms with Crippen molar-refractivity contribution in [2.24, 2.45) is 0 Å². The molecule has 4 rings (SSSR count). The first kappa shape index (κ1) is 18.8. The van der Waals surface area contributed by atoms with Crippen LogP contribution in [0, 0.1) is 5.82 Å². The lowest BCUT2D eigenvalue weighted by atomic mass is 10.1. The summed E-state index contributed by atoms with van der Waals surface area (Å²) in [5.41, 5.74) is 1.73. The van der Waals surface area contributed by atoms with E-state index in [1.165, 1.54) is 12.1 Å². The number of fused-ring (bicyclic) bond motifs is 1. The summed E-state index contributed by atoms with van der Waals surface area (Å²) in [6.07, 6.45) is 0.463. The molecular formula is C19H20FN3O4S. The van der Waals surface area contributed by atoms with Gasteiger partial charge in [0.2, 0.25) is 5.91 Å². The van der Waals surface area contributed by atoms with Crippen molar-refractivity contribution in [3.05, 3.63) is 40.2 Å². The summed E-state index contributed by atoms with van der Waals surface area (Å²) in [6, 6.07) is 4.26. The van der Waals surface area contributed by atoms with Gasteiger partial charge >= 0.3 is 5.97 Å². The number of benzene rings is 1. The van der Waals surface area contributed by atoms with Crippen molar-refractivity contribution in [3.63, 3.8) is 0 Å². The third-order valence-corrected chi connectivity index (χ3v) is 6.15. The van der Waals surface area contributed by atoms with E-state index in [1.54, 1.807) is 11.0 Å². The van der Waals surface area contributed by atoms with E-state index in [1.807, 2.05) is 11.8 Å². The van der Waals surface area contributed by atoms with Crippen molar-refractivity contribution >= 4 is 34.0 Å². The molecule has 0 radical (unpaired) electrons. The molecule has 7 nitrogen and oxygen atoms in total. The number of amides is 1. The maximum absolute atomic E-state index is 13.5. The molecule has 1 saturated heterocycles. The second-order valence-electron chi connectivity index (χ2n) is 6.94. The zero-order valence-corrected chi connectivity index (χ0v) is 16.2. The second-order valence-corrected chi connectivity index (χ2v) is 7.92. The molecule has 9 heteroatoms. The van der Waals surface area contributed by atoms with Gasteiger partial charge in [-0.05, 0) is 37.1 Å². The maximum Gasteiger partial charge on any atom is 0.347 e. The molecule has 0 aliphatic carbocycles. The fraction of sp³-hybridized carbons (Fsp3) is 0.421. The molecule has 1 aromatic heterocycles. The van der Waals surface area contributed by atoms with Crippen LogP contribution >= 0.6 is 11.3 Å². The number of halogens is 1. The number of aromatic nitrogens is 1. The number of aromatic carboxylic acids is 1. The molecule has 1 fully saturated rings. The van der Waals surface area contributed by atoms with Crippen LogP contribution in [0.2, 0.25) is 0 Å². The van der Waals surface area contributed by atoms with Crippen molar-refractivity contribution in [2.75, 3.05) is 36.1 Å². The average Bonchev–Trinajstić information content (AvgIpc) is 3.22. The van der Waals surface area contributed by atoms with Crippen LogP contribution < -0.4 is 9.80 Å². The summed E-state index contributed by atoms with van der Waals surface area (Å²) in [6.45, 7) is 4.31. The lowest BCUT2D eigenvalue weighted by Crippen LogP contribution is -2.37. The Balaban J connectivity index is 1.59. The van der Waals surface area contributed by atoms with Crippen LogP contribution in [0.25, 0.3) is 0 Å². The van der Waals surface area contributed by atoms with E-state index in [9.17, 15) is 19.1 Å². The van der Waals surface area contributed by atoms with E-state index in [-0.39, 0.29) is 34.8 Å². The highest BCUT2D eigenvalue weighted by atomic mass is 32.1. The van der Waals surface area contributed by atoms with Gasteiger partial charge in [-0.3, -0.25) is 4.79 Å². The molecule has 2 aromatic rings. The Labute approximate surface area is 165 Å². The van der Waals surface area contributed by atoms with E-state index >= 15 is 0 Å². The number of anilines is 2. The quantitative estimate of drug-likeness (QED) is 0.841. The minimum absolute atomic E-state index is 0.0843. The summed E-state index contributed by atoms with van der Waals surface area (Å²) in [4.78, 5) is 32.8. The van der Waals surface area contributed by atoms with Crippen molar-refractivity contribution < 1.29 is 23.8 Å². The number of hydrogen-bond donors (Lipinski definition) is 1. The first-order valence-corrected chi connectivity index (χ1v) is 9.92. The fourth-order valence-corrected chi connectivity index (χ4v) is 4.70. The van der Waals surface area contributed by atoms with Crippen molar-refractivity contribution in [1.82, 2.24) is 4.98 Å². The predicted octanol–water partition coefficient (Wildman–Crippen LogP) is 2.34. The lowest BCUT2D eigenvalue weighted by Gasteiger charge is -2.26. The summed E-state index contributed by atoms with van der Waals surface area (Å²) in [5, 5.41) is 10.2. The second kappa shape index (κ2) is 7.48.